The number of cyclic esters (lactones) is 1. The van der Waals surface area contributed by atoms with Crippen molar-refractivity contribution in [2.75, 3.05) is 34.7 Å². The number of esters is 1. The van der Waals surface area contributed by atoms with Crippen LogP contribution >= 0.6 is 0 Å². The fourth-order valence-electron chi connectivity index (χ4n) is 4.81. The van der Waals surface area contributed by atoms with Crippen molar-refractivity contribution < 1.29 is 38.3 Å². The number of benzene rings is 2. The molecule has 2 radical (unpaired) electrons. The van der Waals surface area contributed by atoms with Crippen LogP contribution in [0.2, 0.25) is 0 Å². The van der Waals surface area contributed by atoms with E-state index in [4.69, 9.17) is 28.4 Å². The van der Waals surface area contributed by atoms with Crippen LogP contribution in [0.1, 0.15) is 28.7 Å². The Hall–Kier alpha value is -2.21. The number of aliphatic hydroxyl groups is 1. The van der Waals surface area contributed by atoms with E-state index in [-0.39, 0.29) is 58.5 Å². The second-order valence-corrected chi connectivity index (χ2v) is 7.54. The van der Waals surface area contributed by atoms with Gasteiger partial charge in [-0.05, 0) is 41.0 Å². The fourth-order valence-corrected chi connectivity index (χ4v) is 4.81. The molecule has 164 valence electrons. The van der Waals surface area contributed by atoms with Gasteiger partial charge in [0.2, 0.25) is 12.5 Å². The van der Waals surface area contributed by atoms with Crippen LogP contribution in [0.4, 0.5) is 0 Å². The molecule has 3 aliphatic rings. The van der Waals surface area contributed by atoms with Crippen molar-refractivity contribution in [3.05, 3.63) is 41.0 Å². The summed E-state index contributed by atoms with van der Waals surface area (Å²) in [6.07, 6.45) is -0.843. The number of fused-ring (bicyclic) bond motifs is 3. The molecule has 0 amide bonds. The first-order chi connectivity index (χ1) is 14.6. The summed E-state index contributed by atoms with van der Waals surface area (Å²) in [6.45, 7) is 0.289. The predicted molar refractivity (Wildman–Crippen MR) is 112 cm³/mol. The van der Waals surface area contributed by atoms with Crippen molar-refractivity contribution >= 4 is 33.3 Å². The van der Waals surface area contributed by atoms with Crippen LogP contribution in [0.3, 0.4) is 0 Å². The van der Waals surface area contributed by atoms with Gasteiger partial charge in [-0.3, -0.25) is 4.79 Å². The molecule has 8 nitrogen and oxygen atoms in total. The third-order valence-electron chi connectivity index (χ3n) is 6.19. The van der Waals surface area contributed by atoms with E-state index in [1.807, 2.05) is 18.2 Å². The van der Waals surface area contributed by atoms with E-state index in [9.17, 15) is 9.90 Å². The molecule has 1 N–H and O–H groups in total. The van der Waals surface area contributed by atoms with Gasteiger partial charge in [0.25, 0.3) is 0 Å². The monoisotopic (exact) mass is 624 g/mol. The van der Waals surface area contributed by atoms with Crippen molar-refractivity contribution in [1.82, 2.24) is 0 Å². The molecule has 9 heteroatoms. The van der Waals surface area contributed by atoms with Crippen LogP contribution in [-0.2, 0) is 9.53 Å². The van der Waals surface area contributed by atoms with E-state index >= 15 is 0 Å². The van der Waals surface area contributed by atoms with Crippen molar-refractivity contribution in [3.63, 3.8) is 0 Å². The van der Waals surface area contributed by atoms with E-state index in [0.29, 0.717) is 34.3 Å². The molecule has 0 unspecified atom stereocenters. The van der Waals surface area contributed by atoms with Gasteiger partial charge in [-0.15, -0.1) is 0 Å². The van der Waals surface area contributed by atoms with Crippen LogP contribution < -0.4 is 23.7 Å². The molecule has 0 bridgehead atoms. The molecule has 0 spiro atoms. The summed E-state index contributed by atoms with van der Waals surface area (Å²) in [6, 6.07) is 7.31. The summed E-state index contributed by atoms with van der Waals surface area (Å²) in [4.78, 5) is 12.7. The molecule has 2 aliphatic heterocycles. The second-order valence-electron chi connectivity index (χ2n) is 7.54. The molecule has 0 aromatic heterocycles. The van der Waals surface area contributed by atoms with Crippen LogP contribution in [0.5, 0.6) is 28.7 Å². The number of ether oxygens (including phenoxy) is 6. The quantitative estimate of drug-likeness (QED) is 0.405. The Morgan fingerprint density at radius 3 is 2.10 bits per heavy atom. The van der Waals surface area contributed by atoms with Crippen LogP contribution in [0.25, 0.3) is 0 Å². The van der Waals surface area contributed by atoms with Gasteiger partial charge in [0.15, 0.2) is 23.0 Å². The molecule has 2 heterocycles. The summed E-state index contributed by atoms with van der Waals surface area (Å²) < 4.78 is 32.9. The zero-order valence-electron chi connectivity index (χ0n) is 17.5. The molecular formula is C22H24O8Pb. The van der Waals surface area contributed by atoms with Crippen LogP contribution in [0.15, 0.2) is 24.3 Å². The van der Waals surface area contributed by atoms with Gasteiger partial charge < -0.3 is 33.5 Å². The maximum atomic E-state index is 12.7. The van der Waals surface area contributed by atoms with Crippen molar-refractivity contribution in [3.8, 4) is 28.7 Å². The standard InChI is InChI=1S/C22H22O8.Pb.2H/c1-25-16-4-10(5-17(26-2)21(16)27-3)18-11-6-14-15(30-9-29-14)7-12(11)20(23)13-8-28-22(24)19(13)18;;;/h4-7,13,18-20,23H,8-9H2,1-3H3;;;/t13-,18+,19-,20-;;;/m0.../s1. The van der Waals surface area contributed by atoms with Gasteiger partial charge in [-0.2, -0.15) is 0 Å². The van der Waals surface area contributed by atoms with E-state index in [2.05, 4.69) is 0 Å². The SMILES string of the molecule is COc1cc([C@@H]2c3cc4c(cc3[C@H](O)[C@H]3COC(=O)[C@H]23)OCO4)cc(OC)c1OC.[PbH2]. The molecule has 1 fully saturated rings. The van der Waals surface area contributed by atoms with E-state index < -0.39 is 12.0 Å². The Kier molecular flexibility index (Phi) is 5.95. The van der Waals surface area contributed by atoms with Gasteiger partial charge in [0, 0.05) is 11.8 Å². The third kappa shape index (κ3) is 3.31. The van der Waals surface area contributed by atoms with Gasteiger partial charge in [0.1, 0.15) is 0 Å². The maximum absolute atomic E-state index is 12.7. The Morgan fingerprint density at radius 2 is 1.52 bits per heavy atom. The minimum atomic E-state index is -0.843. The molecule has 5 rings (SSSR count). The summed E-state index contributed by atoms with van der Waals surface area (Å²) in [7, 11) is 4.63. The van der Waals surface area contributed by atoms with Crippen molar-refractivity contribution in [1.29, 1.82) is 0 Å². The van der Waals surface area contributed by atoms with Crippen LogP contribution in [0, 0.1) is 11.8 Å². The summed E-state index contributed by atoms with van der Waals surface area (Å²) >= 11 is 0. The first-order valence-electron chi connectivity index (χ1n) is 9.65. The number of aliphatic hydroxyl groups excluding tert-OH is 1. The first kappa shape index (κ1) is 22.0. The zero-order valence-corrected chi connectivity index (χ0v) is 23.0. The topological polar surface area (TPSA) is 92.7 Å². The average Bonchev–Trinajstić information content (AvgIpc) is 3.38. The number of carbonyl (C=O) groups excluding carboxylic acids is 1. The van der Waals surface area contributed by atoms with Crippen LogP contribution in [-0.4, -0.2) is 73.1 Å². The Labute approximate surface area is 199 Å². The summed E-state index contributed by atoms with van der Waals surface area (Å²) in [5.41, 5.74) is 2.30. The average molecular weight is 624 g/mol. The van der Waals surface area contributed by atoms with Crippen molar-refractivity contribution in [2.24, 2.45) is 11.8 Å². The molecule has 4 atom stereocenters. The van der Waals surface area contributed by atoms with E-state index in [0.717, 1.165) is 11.1 Å². The Balaban J connectivity index is 0.00000231. The van der Waals surface area contributed by atoms with E-state index in [1.165, 1.54) is 7.11 Å². The zero-order chi connectivity index (χ0) is 21.0. The molecule has 0 saturated carbocycles. The number of hydrogen-bond donors (Lipinski definition) is 1. The molecule has 1 saturated heterocycles. The van der Waals surface area contributed by atoms with E-state index in [1.54, 1.807) is 20.3 Å². The molecule has 2 aromatic rings. The molecule has 2 aromatic carbocycles. The van der Waals surface area contributed by atoms with Crippen molar-refractivity contribution in [2.45, 2.75) is 12.0 Å². The van der Waals surface area contributed by atoms with Gasteiger partial charge >= 0.3 is 33.3 Å². The third-order valence-corrected chi connectivity index (χ3v) is 6.19. The second kappa shape index (κ2) is 8.38. The summed E-state index contributed by atoms with van der Waals surface area (Å²) in [5, 5.41) is 11.0. The summed E-state index contributed by atoms with van der Waals surface area (Å²) in [5.74, 6) is 0.989. The number of carbonyl (C=O) groups is 1. The molecule has 1 aliphatic carbocycles. The number of rotatable bonds is 4. The normalized spacial score (nSPS) is 25.1. The fraction of sp³-hybridized carbons (Fsp3) is 0.409. The predicted octanol–water partition coefficient (Wildman–Crippen LogP) is 1.49. The number of methoxy groups -OCH3 is 3. The van der Waals surface area contributed by atoms with Gasteiger partial charge in [0.05, 0.1) is 40.0 Å². The molecular weight excluding hydrogens is 599 g/mol. The minimum absolute atomic E-state index is 0. The number of hydrogen-bond acceptors (Lipinski definition) is 8. The first-order valence-corrected chi connectivity index (χ1v) is 9.65. The molecule has 31 heavy (non-hydrogen) atoms. The Morgan fingerprint density at radius 1 is 0.903 bits per heavy atom. The van der Waals surface area contributed by atoms with Gasteiger partial charge in [-0.25, -0.2) is 0 Å². The van der Waals surface area contributed by atoms with Gasteiger partial charge in [-0.1, -0.05) is 0 Å². The Bertz CT molecular complexity index is 998.